The van der Waals surface area contributed by atoms with Crippen LogP contribution in [0.4, 0.5) is 0 Å². The maximum absolute atomic E-state index is 9.50. The molecule has 2 fully saturated rings. The third-order valence-corrected chi connectivity index (χ3v) is 4.81. The number of rotatable bonds is 4. The van der Waals surface area contributed by atoms with Crippen LogP contribution in [0.15, 0.2) is 0 Å². The van der Waals surface area contributed by atoms with E-state index in [4.69, 9.17) is 0 Å². The van der Waals surface area contributed by atoms with Gasteiger partial charge in [0.2, 0.25) is 0 Å². The third kappa shape index (κ3) is 2.64. The molecule has 3 heteroatoms. The second-order valence-corrected chi connectivity index (χ2v) is 6.09. The number of hydrogen-bond acceptors (Lipinski definition) is 3. The molecule has 3 atom stereocenters. The monoisotopic (exact) mass is 235 g/mol. The van der Waals surface area contributed by atoms with Gasteiger partial charge in [0, 0.05) is 13.1 Å². The largest absolute Gasteiger partial charge is 0.301 e. The highest BCUT2D eigenvalue weighted by atomic mass is 15.2. The van der Waals surface area contributed by atoms with Gasteiger partial charge in [0.15, 0.2) is 0 Å². The molecule has 3 nitrogen and oxygen atoms in total. The Hall–Kier alpha value is -0.590. The van der Waals surface area contributed by atoms with Crippen molar-refractivity contribution in [1.82, 2.24) is 10.2 Å². The van der Waals surface area contributed by atoms with Gasteiger partial charge < -0.3 is 10.2 Å². The molecular formula is C14H25N3. The standard InChI is InChI=1S/C14H25N3/c1-11-6-7-17(8-12(11)2)10-14(9-15,16-3)13-4-5-13/h11-13,16H,4-8,10H2,1-3H3. The summed E-state index contributed by atoms with van der Waals surface area (Å²) in [5.74, 6) is 2.17. The van der Waals surface area contributed by atoms with Gasteiger partial charge in [0.25, 0.3) is 0 Å². The molecule has 0 bridgehead atoms. The Labute approximate surface area is 105 Å². The fraction of sp³-hybridized carbons (Fsp3) is 0.929. The van der Waals surface area contributed by atoms with Crippen LogP contribution in [0.5, 0.6) is 0 Å². The first kappa shape index (κ1) is 12.9. The van der Waals surface area contributed by atoms with Crippen molar-refractivity contribution in [3.63, 3.8) is 0 Å². The molecule has 1 aliphatic heterocycles. The molecule has 1 N–H and O–H groups in total. The molecular weight excluding hydrogens is 210 g/mol. The van der Waals surface area contributed by atoms with E-state index in [0.29, 0.717) is 5.92 Å². The molecule has 1 saturated heterocycles. The maximum Gasteiger partial charge on any atom is 0.122 e. The smallest absolute Gasteiger partial charge is 0.122 e. The summed E-state index contributed by atoms with van der Waals surface area (Å²) < 4.78 is 0. The van der Waals surface area contributed by atoms with Crippen molar-refractivity contribution in [3.8, 4) is 6.07 Å². The lowest BCUT2D eigenvalue weighted by Crippen LogP contribution is -2.55. The van der Waals surface area contributed by atoms with E-state index in [1.807, 2.05) is 7.05 Å². The summed E-state index contributed by atoms with van der Waals surface area (Å²) in [7, 11) is 1.94. The van der Waals surface area contributed by atoms with Crippen LogP contribution in [0.2, 0.25) is 0 Å². The van der Waals surface area contributed by atoms with Gasteiger partial charge >= 0.3 is 0 Å². The lowest BCUT2D eigenvalue weighted by atomic mass is 9.86. The van der Waals surface area contributed by atoms with E-state index in [1.54, 1.807) is 0 Å². The maximum atomic E-state index is 9.50. The predicted molar refractivity (Wildman–Crippen MR) is 69.5 cm³/mol. The fourth-order valence-corrected chi connectivity index (χ4v) is 3.02. The van der Waals surface area contributed by atoms with Crippen molar-refractivity contribution in [3.05, 3.63) is 0 Å². The molecule has 0 aromatic carbocycles. The van der Waals surface area contributed by atoms with Crippen LogP contribution in [0, 0.1) is 29.1 Å². The topological polar surface area (TPSA) is 39.1 Å². The minimum absolute atomic E-state index is 0.291. The number of nitriles is 1. The van der Waals surface area contributed by atoms with Gasteiger partial charge in [-0.25, -0.2) is 0 Å². The summed E-state index contributed by atoms with van der Waals surface area (Å²) in [6.45, 7) is 7.89. The molecule has 1 saturated carbocycles. The number of likely N-dealkylation sites (N-methyl/N-ethyl adjacent to an activating group) is 1. The normalized spacial score (nSPS) is 34.0. The minimum atomic E-state index is -0.291. The Bertz CT molecular complexity index is 305. The van der Waals surface area contributed by atoms with Gasteiger partial charge in [-0.15, -0.1) is 0 Å². The quantitative estimate of drug-likeness (QED) is 0.808. The Balaban J connectivity index is 1.97. The van der Waals surface area contributed by atoms with Gasteiger partial charge in [-0.05, 0) is 50.6 Å². The summed E-state index contributed by atoms with van der Waals surface area (Å²) in [5, 5.41) is 12.8. The lowest BCUT2D eigenvalue weighted by Gasteiger charge is -2.39. The van der Waals surface area contributed by atoms with Crippen LogP contribution < -0.4 is 5.32 Å². The Morgan fingerprint density at radius 3 is 2.47 bits per heavy atom. The van der Waals surface area contributed by atoms with Crippen LogP contribution in [-0.4, -0.2) is 37.1 Å². The number of hydrogen-bond donors (Lipinski definition) is 1. The van der Waals surface area contributed by atoms with Crippen molar-refractivity contribution < 1.29 is 0 Å². The van der Waals surface area contributed by atoms with Crippen molar-refractivity contribution >= 4 is 0 Å². The van der Waals surface area contributed by atoms with Gasteiger partial charge in [-0.3, -0.25) is 0 Å². The summed E-state index contributed by atoms with van der Waals surface area (Å²) >= 11 is 0. The first-order chi connectivity index (χ1) is 8.11. The summed E-state index contributed by atoms with van der Waals surface area (Å²) in [6, 6.07) is 2.55. The molecule has 0 aromatic heterocycles. The van der Waals surface area contributed by atoms with Crippen LogP contribution in [-0.2, 0) is 0 Å². The van der Waals surface area contributed by atoms with E-state index in [9.17, 15) is 5.26 Å². The molecule has 2 aliphatic rings. The number of piperidine rings is 1. The van der Waals surface area contributed by atoms with Crippen molar-refractivity contribution in [1.29, 1.82) is 5.26 Å². The van der Waals surface area contributed by atoms with Gasteiger partial charge in [0.1, 0.15) is 5.54 Å². The molecule has 0 radical (unpaired) electrons. The van der Waals surface area contributed by atoms with Crippen LogP contribution in [0.3, 0.4) is 0 Å². The second kappa shape index (κ2) is 4.96. The molecule has 0 aromatic rings. The first-order valence-corrected chi connectivity index (χ1v) is 6.94. The molecule has 3 unspecified atom stereocenters. The Kier molecular flexibility index (Phi) is 3.75. The average molecular weight is 235 g/mol. The first-order valence-electron chi connectivity index (χ1n) is 6.94. The minimum Gasteiger partial charge on any atom is -0.301 e. The second-order valence-electron chi connectivity index (χ2n) is 6.09. The van der Waals surface area contributed by atoms with Gasteiger partial charge in [-0.1, -0.05) is 13.8 Å². The van der Waals surface area contributed by atoms with E-state index in [-0.39, 0.29) is 5.54 Å². The van der Waals surface area contributed by atoms with Crippen LogP contribution in [0.1, 0.15) is 33.1 Å². The molecule has 1 heterocycles. The third-order valence-electron chi connectivity index (χ3n) is 4.81. The molecule has 1 aliphatic carbocycles. The van der Waals surface area contributed by atoms with E-state index >= 15 is 0 Å². The molecule has 0 spiro atoms. The Morgan fingerprint density at radius 2 is 2.00 bits per heavy atom. The highest BCUT2D eigenvalue weighted by molar-refractivity contribution is 5.16. The number of likely N-dealkylation sites (tertiary alicyclic amines) is 1. The van der Waals surface area contributed by atoms with E-state index in [2.05, 4.69) is 30.1 Å². The van der Waals surface area contributed by atoms with E-state index < -0.39 is 0 Å². The van der Waals surface area contributed by atoms with Crippen LogP contribution >= 0.6 is 0 Å². The zero-order valence-corrected chi connectivity index (χ0v) is 11.4. The zero-order valence-electron chi connectivity index (χ0n) is 11.4. The zero-order chi connectivity index (χ0) is 12.5. The summed E-state index contributed by atoms with van der Waals surface area (Å²) in [5.41, 5.74) is -0.291. The van der Waals surface area contributed by atoms with E-state index in [1.165, 1.54) is 19.3 Å². The number of nitrogens with zero attached hydrogens (tertiary/aromatic N) is 2. The molecule has 2 rings (SSSR count). The van der Waals surface area contributed by atoms with Gasteiger partial charge in [0.05, 0.1) is 6.07 Å². The summed E-state index contributed by atoms with van der Waals surface area (Å²) in [4.78, 5) is 2.49. The van der Waals surface area contributed by atoms with Crippen molar-refractivity contribution in [2.45, 2.75) is 38.6 Å². The van der Waals surface area contributed by atoms with Crippen LogP contribution in [0.25, 0.3) is 0 Å². The molecule has 96 valence electrons. The summed E-state index contributed by atoms with van der Waals surface area (Å²) in [6.07, 6.45) is 3.71. The highest BCUT2D eigenvalue weighted by Crippen LogP contribution is 2.40. The highest BCUT2D eigenvalue weighted by Gasteiger charge is 2.46. The molecule has 17 heavy (non-hydrogen) atoms. The molecule has 0 amide bonds. The predicted octanol–water partition coefficient (Wildman–Crippen LogP) is 1.86. The number of nitrogens with one attached hydrogen (secondary N) is 1. The average Bonchev–Trinajstić information content (AvgIpc) is 3.15. The van der Waals surface area contributed by atoms with Gasteiger partial charge in [-0.2, -0.15) is 5.26 Å². The van der Waals surface area contributed by atoms with Crippen molar-refractivity contribution in [2.24, 2.45) is 17.8 Å². The van der Waals surface area contributed by atoms with E-state index in [0.717, 1.165) is 31.5 Å². The lowest BCUT2D eigenvalue weighted by molar-refractivity contribution is 0.110. The van der Waals surface area contributed by atoms with Crippen molar-refractivity contribution in [2.75, 3.05) is 26.7 Å². The Morgan fingerprint density at radius 1 is 1.29 bits per heavy atom. The SMILES string of the molecule is CNC(C#N)(CN1CCC(C)C(C)C1)C1CC1. The fourth-order valence-electron chi connectivity index (χ4n) is 3.02.